The number of hydrogen-bond donors (Lipinski definition) is 1. The maximum absolute atomic E-state index is 5.88. The molecule has 0 aliphatic rings. The number of thiazole rings is 1. The molecule has 0 atom stereocenters. The molecule has 0 saturated carbocycles. The van der Waals surface area contributed by atoms with Gasteiger partial charge in [0.1, 0.15) is 16.6 Å². The first kappa shape index (κ1) is 12.6. The molecule has 4 nitrogen and oxygen atoms in total. The summed E-state index contributed by atoms with van der Waals surface area (Å²) >= 11 is 1.55. The number of anilines is 1. The average molecular weight is 283 g/mol. The second-order valence-electron chi connectivity index (χ2n) is 4.21. The number of nitrogens with zero attached hydrogens (tertiary/aromatic N) is 2. The lowest BCUT2D eigenvalue weighted by atomic mass is 10.1. The van der Waals surface area contributed by atoms with Crippen LogP contribution in [0.3, 0.4) is 0 Å². The summed E-state index contributed by atoms with van der Waals surface area (Å²) in [5.74, 6) is 1.32. The molecule has 0 aliphatic heterocycles. The van der Waals surface area contributed by atoms with Crippen LogP contribution in [0.4, 0.5) is 5.82 Å². The summed E-state index contributed by atoms with van der Waals surface area (Å²) in [4.78, 5) is 8.72. The van der Waals surface area contributed by atoms with Crippen molar-refractivity contribution in [3.63, 3.8) is 0 Å². The Bertz CT molecular complexity index is 739. The van der Waals surface area contributed by atoms with Gasteiger partial charge in [-0.25, -0.2) is 9.97 Å². The van der Waals surface area contributed by atoms with Gasteiger partial charge in [0.15, 0.2) is 0 Å². The summed E-state index contributed by atoms with van der Waals surface area (Å²) in [6.45, 7) is 0. The highest BCUT2D eigenvalue weighted by Gasteiger charge is 2.10. The molecule has 0 unspecified atom stereocenters. The summed E-state index contributed by atoms with van der Waals surface area (Å²) in [7, 11) is 1.65. The second-order valence-corrected chi connectivity index (χ2v) is 5.06. The minimum Gasteiger partial charge on any atom is -0.497 e. The van der Waals surface area contributed by atoms with Crippen LogP contribution in [-0.4, -0.2) is 17.1 Å². The van der Waals surface area contributed by atoms with Crippen molar-refractivity contribution in [2.24, 2.45) is 0 Å². The van der Waals surface area contributed by atoms with Gasteiger partial charge in [-0.2, -0.15) is 0 Å². The molecule has 5 heteroatoms. The molecule has 3 aromatic rings. The number of rotatable bonds is 3. The summed E-state index contributed by atoms with van der Waals surface area (Å²) < 4.78 is 5.23. The fourth-order valence-corrected chi connectivity index (χ4v) is 2.77. The van der Waals surface area contributed by atoms with Crippen LogP contribution in [0.15, 0.2) is 48.0 Å². The lowest BCUT2D eigenvalue weighted by Gasteiger charge is -2.02. The van der Waals surface area contributed by atoms with Gasteiger partial charge < -0.3 is 10.5 Å². The predicted molar refractivity (Wildman–Crippen MR) is 81.7 cm³/mol. The van der Waals surface area contributed by atoms with Crippen LogP contribution >= 0.6 is 11.3 Å². The van der Waals surface area contributed by atoms with Crippen LogP contribution in [0.1, 0.15) is 0 Å². The van der Waals surface area contributed by atoms with Gasteiger partial charge in [-0.15, -0.1) is 11.3 Å². The van der Waals surface area contributed by atoms with Gasteiger partial charge in [-0.05, 0) is 24.3 Å². The molecular formula is C15H13N3OS. The Hall–Kier alpha value is -2.40. The van der Waals surface area contributed by atoms with E-state index >= 15 is 0 Å². The van der Waals surface area contributed by atoms with Crippen LogP contribution in [0.25, 0.3) is 21.8 Å². The smallest absolute Gasteiger partial charge is 0.133 e. The van der Waals surface area contributed by atoms with Gasteiger partial charge >= 0.3 is 0 Å². The lowest BCUT2D eigenvalue weighted by molar-refractivity contribution is 0.415. The highest BCUT2D eigenvalue weighted by atomic mass is 32.1. The van der Waals surface area contributed by atoms with Crippen LogP contribution < -0.4 is 10.5 Å². The van der Waals surface area contributed by atoms with Gasteiger partial charge in [0.25, 0.3) is 0 Å². The van der Waals surface area contributed by atoms with E-state index in [1.54, 1.807) is 24.6 Å². The molecule has 1 aromatic carbocycles. The largest absolute Gasteiger partial charge is 0.497 e. The molecule has 0 saturated heterocycles. The summed E-state index contributed by atoms with van der Waals surface area (Å²) in [6, 6.07) is 11.6. The number of aromatic nitrogens is 2. The lowest BCUT2D eigenvalue weighted by Crippen LogP contribution is -1.92. The normalized spacial score (nSPS) is 10.4. The fraction of sp³-hybridized carbons (Fsp3) is 0.0667. The van der Waals surface area contributed by atoms with Crippen molar-refractivity contribution in [2.75, 3.05) is 12.8 Å². The zero-order chi connectivity index (χ0) is 13.9. The quantitative estimate of drug-likeness (QED) is 0.799. The Morgan fingerprint density at radius 2 is 2.10 bits per heavy atom. The minimum absolute atomic E-state index is 0.499. The van der Waals surface area contributed by atoms with Crippen LogP contribution in [-0.2, 0) is 0 Å². The van der Waals surface area contributed by atoms with E-state index in [9.17, 15) is 0 Å². The second kappa shape index (κ2) is 5.30. The van der Waals surface area contributed by atoms with Crippen molar-refractivity contribution in [3.8, 4) is 27.6 Å². The Morgan fingerprint density at radius 1 is 1.20 bits per heavy atom. The van der Waals surface area contributed by atoms with Gasteiger partial charge in [-0.1, -0.05) is 12.1 Å². The first-order chi connectivity index (χ1) is 9.78. The maximum Gasteiger partial charge on any atom is 0.133 e. The first-order valence-electron chi connectivity index (χ1n) is 6.09. The standard InChI is InChI=1S/C15H13N3OS/c1-19-11-5-2-4-10(8-11)13-9-20-15(18-13)12-6-3-7-17-14(12)16/h2-9H,1H3,(H2,16,17). The molecule has 2 heterocycles. The monoisotopic (exact) mass is 283 g/mol. The molecule has 0 aliphatic carbocycles. The molecule has 0 amide bonds. The zero-order valence-electron chi connectivity index (χ0n) is 10.9. The third-order valence-electron chi connectivity index (χ3n) is 2.94. The zero-order valence-corrected chi connectivity index (χ0v) is 11.7. The number of hydrogen-bond acceptors (Lipinski definition) is 5. The van der Waals surface area contributed by atoms with E-state index in [1.807, 2.05) is 41.8 Å². The molecule has 100 valence electrons. The van der Waals surface area contributed by atoms with Gasteiger partial charge in [-0.3, -0.25) is 0 Å². The summed E-state index contributed by atoms with van der Waals surface area (Å²) in [6.07, 6.45) is 1.68. The highest BCUT2D eigenvalue weighted by Crippen LogP contribution is 2.32. The van der Waals surface area contributed by atoms with E-state index in [1.165, 1.54) is 0 Å². The summed E-state index contributed by atoms with van der Waals surface area (Å²) in [5, 5.41) is 2.88. The number of methoxy groups -OCH3 is 1. The molecule has 0 bridgehead atoms. The maximum atomic E-state index is 5.88. The van der Waals surface area contributed by atoms with Crippen LogP contribution in [0, 0.1) is 0 Å². The van der Waals surface area contributed by atoms with E-state index in [4.69, 9.17) is 10.5 Å². The Labute approximate surface area is 120 Å². The van der Waals surface area contributed by atoms with Gasteiger partial charge in [0.2, 0.25) is 0 Å². The van der Waals surface area contributed by atoms with Gasteiger partial charge in [0, 0.05) is 17.1 Å². The van der Waals surface area contributed by atoms with Crippen molar-refractivity contribution in [1.29, 1.82) is 0 Å². The van der Waals surface area contributed by atoms with E-state index in [0.717, 1.165) is 27.6 Å². The minimum atomic E-state index is 0.499. The number of pyridine rings is 1. The number of benzene rings is 1. The van der Waals surface area contributed by atoms with Crippen LogP contribution in [0.2, 0.25) is 0 Å². The molecular weight excluding hydrogens is 270 g/mol. The molecule has 3 rings (SSSR count). The predicted octanol–water partition coefficient (Wildman–Crippen LogP) is 3.46. The molecule has 0 fully saturated rings. The topological polar surface area (TPSA) is 61.0 Å². The number of nitrogens with two attached hydrogens (primary N) is 1. The van der Waals surface area contributed by atoms with Crippen molar-refractivity contribution >= 4 is 17.2 Å². The Balaban J connectivity index is 2.00. The van der Waals surface area contributed by atoms with E-state index in [0.29, 0.717) is 5.82 Å². The molecule has 20 heavy (non-hydrogen) atoms. The van der Waals surface area contributed by atoms with E-state index < -0.39 is 0 Å². The number of ether oxygens (including phenoxy) is 1. The van der Waals surface area contributed by atoms with Crippen molar-refractivity contribution in [1.82, 2.24) is 9.97 Å². The van der Waals surface area contributed by atoms with Crippen molar-refractivity contribution in [3.05, 3.63) is 48.0 Å². The Morgan fingerprint density at radius 3 is 2.90 bits per heavy atom. The van der Waals surface area contributed by atoms with Crippen LogP contribution in [0.5, 0.6) is 5.75 Å². The SMILES string of the molecule is COc1cccc(-c2csc(-c3cccnc3N)n2)c1. The summed E-state index contributed by atoms with van der Waals surface area (Å²) in [5.41, 5.74) is 8.68. The third kappa shape index (κ3) is 2.35. The van der Waals surface area contributed by atoms with Gasteiger partial charge in [0.05, 0.1) is 18.4 Å². The molecule has 0 radical (unpaired) electrons. The van der Waals surface area contributed by atoms with E-state index in [2.05, 4.69) is 9.97 Å². The number of nitrogen functional groups attached to an aromatic ring is 1. The first-order valence-corrected chi connectivity index (χ1v) is 6.96. The van der Waals surface area contributed by atoms with E-state index in [-0.39, 0.29) is 0 Å². The highest BCUT2D eigenvalue weighted by molar-refractivity contribution is 7.13. The van der Waals surface area contributed by atoms with Crippen molar-refractivity contribution in [2.45, 2.75) is 0 Å². The third-order valence-corrected chi connectivity index (χ3v) is 3.81. The Kier molecular flexibility index (Phi) is 3.35. The van der Waals surface area contributed by atoms with Crippen molar-refractivity contribution < 1.29 is 4.74 Å². The molecule has 2 N–H and O–H groups in total. The molecule has 2 aromatic heterocycles. The fourth-order valence-electron chi connectivity index (χ4n) is 1.91. The average Bonchev–Trinajstić information content (AvgIpc) is 2.97. The molecule has 0 spiro atoms.